The van der Waals surface area contributed by atoms with E-state index in [0.29, 0.717) is 11.7 Å². The maximum atomic E-state index is 6.53. The molecule has 1 aliphatic carbocycles. The average molecular weight is 350 g/mol. The van der Waals surface area contributed by atoms with Gasteiger partial charge in [0.25, 0.3) is 0 Å². The van der Waals surface area contributed by atoms with Crippen molar-refractivity contribution < 1.29 is 4.52 Å². The van der Waals surface area contributed by atoms with Gasteiger partial charge in [0.2, 0.25) is 11.7 Å². The van der Waals surface area contributed by atoms with Gasteiger partial charge in [0.05, 0.1) is 5.54 Å². The first-order chi connectivity index (χ1) is 10.1. The molecule has 2 aromatic rings. The number of hydrogen-bond donors (Lipinski definition) is 1. The van der Waals surface area contributed by atoms with Gasteiger partial charge in [0.1, 0.15) is 0 Å². The highest BCUT2D eigenvalue weighted by atomic mass is 79.9. The van der Waals surface area contributed by atoms with E-state index in [1.165, 1.54) is 18.4 Å². The second-order valence-electron chi connectivity index (χ2n) is 5.98. The maximum absolute atomic E-state index is 6.53. The zero-order chi connectivity index (χ0) is 14.9. The number of aromatic nitrogens is 2. The van der Waals surface area contributed by atoms with E-state index in [4.69, 9.17) is 10.3 Å². The molecule has 1 heterocycles. The molecule has 112 valence electrons. The van der Waals surface area contributed by atoms with E-state index in [-0.39, 0.29) is 0 Å². The molecule has 2 N–H and O–H groups in total. The van der Waals surface area contributed by atoms with Gasteiger partial charge in [-0.05, 0) is 37.5 Å². The molecule has 0 amide bonds. The van der Waals surface area contributed by atoms with Gasteiger partial charge in [0, 0.05) is 10.0 Å². The molecule has 3 rings (SSSR count). The van der Waals surface area contributed by atoms with Gasteiger partial charge < -0.3 is 10.3 Å². The highest BCUT2D eigenvalue weighted by Gasteiger charge is 2.34. The van der Waals surface area contributed by atoms with Gasteiger partial charge in [-0.1, -0.05) is 52.8 Å². The molecule has 4 nitrogen and oxygen atoms in total. The molecule has 0 saturated heterocycles. The second-order valence-corrected chi connectivity index (χ2v) is 6.83. The van der Waals surface area contributed by atoms with Crippen molar-refractivity contribution in [1.82, 2.24) is 10.1 Å². The van der Waals surface area contributed by atoms with Crippen LogP contribution in [0.1, 0.15) is 50.0 Å². The third-order valence-electron chi connectivity index (χ3n) is 4.21. The zero-order valence-corrected chi connectivity index (χ0v) is 13.8. The van der Waals surface area contributed by atoms with E-state index in [1.807, 2.05) is 12.1 Å². The molecule has 1 aromatic carbocycles. The summed E-state index contributed by atoms with van der Waals surface area (Å²) in [7, 11) is 0. The highest BCUT2D eigenvalue weighted by molar-refractivity contribution is 9.10. The third kappa shape index (κ3) is 3.04. The van der Waals surface area contributed by atoms with Crippen LogP contribution < -0.4 is 5.73 Å². The Hall–Kier alpha value is -1.20. The molecule has 5 heteroatoms. The van der Waals surface area contributed by atoms with Crippen molar-refractivity contribution >= 4 is 15.9 Å². The topological polar surface area (TPSA) is 64.9 Å². The van der Waals surface area contributed by atoms with E-state index in [2.05, 4.69) is 39.1 Å². The van der Waals surface area contributed by atoms with Crippen molar-refractivity contribution in [3.8, 4) is 11.4 Å². The van der Waals surface area contributed by atoms with Gasteiger partial charge in [-0.15, -0.1) is 0 Å². The largest absolute Gasteiger partial charge is 0.337 e. The Bertz CT molecular complexity index is 630. The van der Waals surface area contributed by atoms with Crippen molar-refractivity contribution in [3.63, 3.8) is 0 Å². The third-order valence-corrected chi connectivity index (χ3v) is 4.87. The number of benzene rings is 1. The van der Waals surface area contributed by atoms with Crippen LogP contribution in [0.15, 0.2) is 27.2 Å². The van der Waals surface area contributed by atoms with Crippen molar-refractivity contribution in [1.29, 1.82) is 0 Å². The summed E-state index contributed by atoms with van der Waals surface area (Å²) in [6.45, 7) is 2.05. The van der Waals surface area contributed by atoms with Crippen molar-refractivity contribution in [2.24, 2.45) is 5.73 Å². The Labute approximate surface area is 133 Å². The minimum absolute atomic E-state index is 0.459. The van der Waals surface area contributed by atoms with Gasteiger partial charge in [-0.2, -0.15) is 4.98 Å². The fourth-order valence-electron chi connectivity index (χ4n) is 2.91. The molecular formula is C16H20BrN3O. The van der Waals surface area contributed by atoms with Crippen molar-refractivity contribution in [2.45, 2.75) is 51.0 Å². The summed E-state index contributed by atoms with van der Waals surface area (Å²) >= 11 is 3.56. The van der Waals surface area contributed by atoms with Crippen LogP contribution in [0.25, 0.3) is 11.4 Å². The lowest BCUT2D eigenvalue weighted by molar-refractivity contribution is 0.257. The Morgan fingerprint density at radius 2 is 1.90 bits per heavy atom. The molecule has 0 unspecified atom stereocenters. The molecule has 1 saturated carbocycles. The lowest BCUT2D eigenvalue weighted by Gasteiger charge is -2.22. The van der Waals surface area contributed by atoms with Crippen LogP contribution in [-0.2, 0) is 5.54 Å². The van der Waals surface area contributed by atoms with Crippen molar-refractivity contribution in [3.05, 3.63) is 34.1 Å². The lowest BCUT2D eigenvalue weighted by atomic mass is 9.91. The number of hydrogen-bond acceptors (Lipinski definition) is 4. The van der Waals surface area contributed by atoms with Gasteiger partial charge in [-0.25, -0.2) is 0 Å². The van der Waals surface area contributed by atoms with E-state index >= 15 is 0 Å². The number of nitrogens with two attached hydrogens (primary N) is 1. The Balaban J connectivity index is 1.92. The Morgan fingerprint density at radius 3 is 2.57 bits per heavy atom. The minimum Gasteiger partial charge on any atom is -0.337 e. The molecular weight excluding hydrogens is 330 g/mol. The molecule has 0 spiro atoms. The normalized spacial score (nSPS) is 18.4. The van der Waals surface area contributed by atoms with Crippen LogP contribution in [0, 0.1) is 6.92 Å². The predicted molar refractivity (Wildman–Crippen MR) is 85.7 cm³/mol. The summed E-state index contributed by atoms with van der Waals surface area (Å²) in [6, 6.07) is 6.10. The Morgan fingerprint density at radius 1 is 1.19 bits per heavy atom. The van der Waals surface area contributed by atoms with E-state index in [9.17, 15) is 0 Å². The van der Waals surface area contributed by atoms with Crippen LogP contribution in [0.5, 0.6) is 0 Å². The summed E-state index contributed by atoms with van der Waals surface area (Å²) in [5.41, 5.74) is 8.19. The maximum Gasteiger partial charge on any atom is 0.247 e. The monoisotopic (exact) mass is 349 g/mol. The van der Waals surface area contributed by atoms with Crippen LogP contribution in [-0.4, -0.2) is 10.1 Å². The van der Waals surface area contributed by atoms with Crippen LogP contribution in [0.3, 0.4) is 0 Å². The van der Waals surface area contributed by atoms with E-state index in [1.54, 1.807) is 0 Å². The number of halogens is 1. The number of aryl methyl sites for hydroxylation is 1. The smallest absolute Gasteiger partial charge is 0.247 e. The molecule has 0 radical (unpaired) electrons. The Kier molecular flexibility index (Phi) is 4.13. The molecule has 1 aliphatic rings. The van der Waals surface area contributed by atoms with Crippen LogP contribution in [0.2, 0.25) is 0 Å². The zero-order valence-electron chi connectivity index (χ0n) is 12.2. The summed E-state index contributed by atoms with van der Waals surface area (Å²) in [5.74, 6) is 1.18. The quantitative estimate of drug-likeness (QED) is 0.820. The molecule has 0 aliphatic heterocycles. The first kappa shape index (κ1) is 14.7. The van der Waals surface area contributed by atoms with Crippen LogP contribution >= 0.6 is 15.9 Å². The summed E-state index contributed by atoms with van der Waals surface area (Å²) < 4.78 is 6.47. The van der Waals surface area contributed by atoms with Crippen molar-refractivity contribution in [2.75, 3.05) is 0 Å². The number of rotatable bonds is 2. The molecule has 21 heavy (non-hydrogen) atoms. The predicted octanol–water partition coefficient (Wildman–Crippen LogP) is 4.32. The molecule has 1 fully saturated rings. The first-order valence-electron chi connectivity index (χ1n) is 7.48. The standard InChI is InChI=1S/C16H20BrN3O/c1-11-6-7-12(13(17)10-11)14-19-15(21-20-14)16(18)8-4-2-3-5-9-16/h6-7,10H,2-5,8-9,18H2,1H3. The fraction of sp³-hybridized carbons (Fsp3) is 0.500. The lowest BCUT2D eigenvalue weighted by Crippen LogP contribution is -2.36. The fourth-order valence-corrected chi connectivity index (χ4v) is 3.58. The van der Waals surface area contributed by atoms with E-state index < -0.39 is 5.54 Å². The second kappa shape index (κ2) is 5.89. The molecule has 1 aromatic heterocycles. The summed E-state index contributed by atoms with van der Waals surface area (Å²) in [5, 5.41) is 4.13. The highest BCUT2D eigenvalue weighted by Crippen LogP contribution is 2.34. The first-order valence-corrected chi connectivity index (χ1v) is 8.27. The molecule has 0 atom stereocenters. The summed E-state index contributed by atoms with van der Waals surface area (Å²) in [4.78, 5) is 4.58. The number of nitrogens with zero attached hydrogens (tertiary/aromatic N) is 2. The summed E-state index contributed by atoms with van der Waals surface area (Å²) in [6.07, 6.45) is 6.57. The van der Waals surface area contributed by atoms with Gasteiger partial charge in [-0.3, -0.25) is 0 Å². The van der Waals surface area contributed by atoms with Gasteiger partial charge >= 0.3 is 0 Å². The molecule has 0 bridgehead atoms. The minimum atomic E-state index is -0.459. The SMILES string of the molecule is Cc1ccc(-c2noc(C3(N)CCCCCC3)n2)c(Br)c1. The van der Waals surface area contributed by atoms with Crippen LogP contribution in [0.4, 0.5) is 0 Å². The van der Waals surface area contributed by atoms with E-state index in [0.717, 1.165) is 35.7 Å². The average Bonchev–Trinajstić information content (AvgIpc) is 2.83. The van der Waals surface area contributed by atoms with Gasteiger partial charge in [0.15, 0.2) is 0 Å².